The molecule has 0 saturated heterocycles. The van der Waals surface area contributed by atoms with Gasteiger partial charge in [-0.3, -0.25) is 0 Å². The fourth-order valence-electron chi connectivity index (χ4n) is 1.50. The lowest BCUT2D eigenvalue weighted by molar-refractivity contribution is 0.237. The van der Waals surface area contributed by atoms with Gasteiger partial charge >= 0.3 is 0 Å². The molecule has 0 aliphatic rings. The molecular weight excluding hydrogens is 192 g/mol. The third-order valence-electron chi connectivity index (χ3n) is 2.67. The molecule has 0 fully saturated rings. The maximum absolute atomic E-state index is 8.95. The molecule has 2 atom stereocenters. The van der Waals surface area contributed by atoms with E-state index in [1.54, 1.807) is 0 Å². The van der Waals surface area contributed by atoms with E-state index < -0.39 is 0 Å². The standard InChI is InChI=1S/C11H26N2O2/c1-3-10(5-8-14)12-6-7-13-11(4-2)9-15/h10-15H,3-9H2,1-2H3/t10-,11-/m0/s1. The van der Waals surface area contributed by atoms with Gasteiger partial charge in [-0.15, -0.1) is 0 Å². The van der Waals surface area contributed by atoms with Crippen molar-refractivity contribution < 1.29 is 10.2 Å². The lowest BCUT2D eigenvalue weighted by atomic mass is 10.1. The maximum Gasteiger partial charge on any atom is 0.0584 e. The molecule has 0 aliphatic heterocycles. The van der Waals surface area contributed by atoms with E-state index in [0.29, 0.717) is 6.04 Å². The highest BCUT2D eigenvalue weighted by Crippen LogP contribution is 1.95. The molecule has 0 amide bonds. The molecule has 4 heteroatoms. The van der Waals surface area contributed by atoms with Gasteiger partial charge in [0.2, 0.25) is 0 Å². The second kappa shape index (κ2) is 10.4. The Balaban J connectivity index is 3.42. The summed E-state index contributed by atoms with van der Waals surface area (Å²) in [7, 11) is 0. The van der Waals surface area contributed by atoms with Crippen LogP contribution >= 0.6 is 0 Å². The van der Waals surface area contributed by atoms with Gasteiger partial charge in [-0.05, 0) is 19.3 Å². The fourth-order valence-corrected chi connectivity index (χ4v) is 1.50. The van der Waals surface area contributed by atoms with Gasteiger partial charge in [0, 0.05) is 31.8 Å². The summed E-state index contributed by atoms with van der Waals surface area (Å²) in [6.07, 6.45) is 2.80. The van der Waals surface area contributed by atoms with E-state index in [0.717, 1.165) is 32.4 Å². The van der Waals surface area contributed by atoms with E-state index in [4.69, 9.17) is 10.2 Å². The van der Waals surface area contributed by atoms with Gasteiger partial charge in [0.25, 0.3) is 0 Å². The molecule has 0 aromatic rings. The Kier molecular flexibility index (Phi) is 10.3. The molecule has 0 unspecified atom stereocenters. The van der Waals surface area contributed by atoms with Crippen LogP contribution in [0.15, 0.2) is 0 Å². The first-order valence-corrected chi connectivity index (χ1v) is 5.96. The lowest BCUT2D eigenvalue weighted by Crippen LogP contribution is -2.40. The van der Waals surface area contributed by atoms with E-state index in [2.05, 4.69) is 24.5 Å². The largest absolute Gasteiger partial charge is 0.396 e. The van der Waals surface area contributed by atoms with E-state index in [1.807, 2.05) is 0 Å². The van der Waals surface area contributed by atoms with Gasteiger partial charge in [-0.2, -0.15) is 0 Å². The van der Waals surface area contributed by atoms with Crippen LogP contribution < -0.4 is 10.6 Å². The molecule has 0 spiro atoms. The van der Waals surface area contributed by atoms with Crippen molar-refractivity contribution in [1.29, 1.82) is 0 Å². The van der Waals surface area contributed by atoms with Crippen molar-refractivity contribution in [2.45, 2.75) is 45.2 Å². The van der Waals surface area contributed by atoms with Crippen molar-refractivity contribution >= 4 is 0 Å². The summed E-state index contributed by atoms with van der Waals surface area (Å²) in [5.41, 5.74) is 0. The van der Waals surface area contributed by atoms with E-state index >= 15 is 0 Å². The highest BCUT2D eigenvalue weighted by Gasteiger charge is 2.05. The molecular formula is C11H26N2O2. The van der Waals surface area contributed by atoms with Crippen LogP contribution in [0.5, 0.6) is 0 Å². The average molecular weight is 218 g/mol. The zero-order chi connectivity index (χ0) is 11.5. The topological polar surface area (TPSA) is 64.5 Å². The maximum atomic E-state index is 8.95. The minimum atomic E-state index is 0.199. The van der Waals surface area contributed by atoms with Crippen LogP contribution in [0.3, 0.4) is 0 Å². The summed E-state index contributed by atoms with van der Waals surface area (Å²) in [5.74, 6) is 0. The van der Waals surface area contributed by atoms with Crippen LogP contribution in [0.4, 0.5) is 0 Å². The number of nitrogens with one attached hydrogen (secondary N) is 2. The Hall–Kier alpha value is -0.160. The quantitative estimate of drug-likeness (QED) is 0.393. The Bertz CT molecular complexity index is 130. The van der Waals surface area contributed by atoms with Crippen molar-refractivity contribution in [3.8, 4) is 0 Å². The van der Waals surface area contributed by atoms with Crippen molar-refractivity contribution in [3.05, 3.63) is 0 Å². The molecule has 15 heavy (non-hydrogen) atoms. The number of hydrogen-bond donors (Lipinski definition) is 4. The first-order chi connectivity index (χ1) is 7.28. The summed E-state index contributed by atoms with van der Waals surface area (Å²) < 4.78 is 0. The van der Waals surface area contributed by atoms with Crippen molar-refractivity contribution in [3.63, 3.8) is 0 Å². The second-order valence-corrected chi connectivity index (χ2v) is 3.81. The highest BCUT2D eigenvalue weighted by molar-refractivity contribution is 4.67. The molecule has 0 rings (SSSR count). The van der Waals surface area contributed by atoms with Crippen molar-refractivity contribution in [2.24, 2.45) is 0 Å². The number of hydrogen-bond acceptors (Lipinski definition) is 4. The zero-order valence-corrected chi connectivity index (χ0v) is 10.00. The first kappa shape index (κ1) is 14.8. The van der Waals surface area contributed by atoms with Crippen molar-refractivity contribution in [2.75, 3.05) is 26.3 Å². The molecule has 0 heterocycles. The van der Waals surface area contributed by atoms with Gasteiger partial charge in [0.1, 0.15) is 0 Å². The third-order valence-corrected chi connectivity index (χ3v) is 2.67. The molecule has 4 nitrogen and oxygen atoms in total. The van der Waals surface area contributed by atoms with Gasteiger partial charge in [0.05, 0.1) is 6.61 Å². The summed E-state index contributed by atoms with van der Waals surface area (Å²) in [4.78, 5) is 0. The SMILES string of the molecule is CC[C@@H](CO)NCCN[C@@H](CC)CCO. The first-order valence-electron chi connectivity index (χ1n) is 5.96. The van der Waals surface area contributed by atoms with Crippen LogP contribution in [-0.2, 0) is 0 Å². The van der Waals surface area contributed by atoms with Crippen LogP contribution in [0.2, 0.25) is 0 Å². The summed E-state index contributed by atoms with van der Waals surface area (Å²) in [6.45, 7) is 6.36. The summed E-state index contributed by atoms with van der Waals surface area (Å²) in [5, 5.41) is 24.4. The molecule has 0 aliphatic carbocycles. The van der Waals surface area contributed by atoms with Crippen LogP contribution in [0, 0.1) is 0 Å². The molecule has 0 radical (unpaired) electrons. The molecule has 92 valence electrons. The molecule has 0 aromatic carbocycles. The normalized spacial score (nSPS) is 15.2. The Labute approximate surface area is 93.1 Å². The molecule has 0 saturated carbocycles. The lowest BCUT2D eigenvalue weighted by Gasteiger charge is -2.18. The predicted molar refractivity (Wildman–Crippen MR) is 63.0 cm³/mol. The fraction of sp³-hybridized carbons (Fsp3) is 1.00. The molecule has 0 aromatic heterocycles. The number of aliphatic hydroxyl groups excluding tert-OH is 2. The van der Waals surface area contributed by atoms with Crippen LogP contribution in [0.1, 0.15) is 33.1 Å². The van der Waals surface area contributed by atoms with Gasteiger partial charge in [-0.1, -0.05) is 13.8 Å². The van der Waals surface area contributed by atoms with E-state index in [-0.39, 0.29) is 19.3 Å². The highest BCUT2D eigenvalue weighted by atomic mass is 16.3. The van der Waals surface area contributed by atoms with Crippen LogP contribution in [-0.4, -0.2) is 48.6 Å². The van der Waals surface area contributed by atoms with Crippen molar-refractivity contribution in [1.82, 2.24) is 10.6 Å². The minimum absolute atomic E-state index is 0.199. The van der Waals surface area contributed by atoms with Crippen LogP contribution in [0.25, 0.3) is 0 Å². The Morgan fingerprint density at radius 2 is 1.47 bits per heavy atom. The smallest absolute Gasteiger partial charge is 0.0584 e. The monoisotopic (exact) mass is 218 g/mol. The second-order valence-electron chi connectivity index (χ2n) is 3.81. The average Bonchev–Trinajstić information content (AvgIpc) is 2.28. The summed E-state index contributed by atoms with van der Waals surface area (Å²) in [6, 6.07) is 0.621. The molecule has 0 bridgehead atoms. The number of rotatable bonds is 10. The number of aliphatic hydroxyl groups is 2. The third kappa shape index (κ3) is 7.73. The Morgan fingerprint density at radius 3 is 1.87 bits per heavy atom. The van der Waals surface area contributed by atoms with E-state index in [1.165, 1.54) is 0 Å². The summed E-state index contributed by atoms with van der Waals surface area (Å²) >= 11 is 0. The Morgan fingerprint density at radius 1 is 0.933 bits per heavy atom. The predicted octanol–water partition coefficient (Wildman–Crippen LogP) is 0.0975. The minimum Gasteiger partial charge on any atom is -0.396 e. The van der Waals surface area contributed by atoms with E-state index in [9.17, 15) is 0 Å². The van der Waals surface area contributed by atoms with Gasteiger partial charge in [0.15, 0.2) is 0 Å². The van der Waals surface area contributed by atoms with Gasteiger partial charge < -0.3 is 20.8 Å². The zero-order valence-electron chi connectivity index (χ0n) is 10.00. The van der Waals surface area contributed by atoms with Gasteiger partial charge in [-0.25, -0.2) is 0 Å². The molecule has 4 N–H and O–H groups in total.